The molecule has 0 aliphatic heterocycles. The van der Waals surface area contributed by atoms with Crippen molar-refractivity contribution in [2.75, 3.05) is 0 Å². The molecule has 8 aromatic carbocycles. The topological polar surface area (TPSA) is 51.8 Å². The van der Waals surface area contributed by atoms with Crippen LogP contribution in [0.4, 0.5) is 0 Å². The zero-order valence-electron chi connectivity index (χ0n) is 27.5. The quantitative estimate of drug-likeness (QED) is 0.186. The second-order valence-electron chi connectivity index (χ2n) is 12.9. The molecular weight excluding hydrogens is 623 g/mol. The zero-order chi connectivity index (χ0) is 33.7. The van der Waals surface area contributed by atoms with Crippen LogP contribution in [0.3, 0.4) is 0 Å². The molecule has 0 unspecified atom stereocenters. The summed E-state index contributed by atoms with van der Waals surface area (Å²) in [5, 5.41) is 6.70. The van der Waals surface area contributed by atoms with E-state index in [2.05, 4.69) is 158 Å². The number of nitrogens with zero attached hydrogens (tertiary/aromatic N) is 3. The van der Waals surface area contributed by atoms with Crippen molar-refractivity contribution in [3.05, 3.63) is 176 Å². The number of rotatable bonds is 5. The van der Waals surface area contributed by atoms with Gasteiger partial charge in [-0.25, -0.2) is 15.0 Å². The van der Waals surface area contributed by atoms with Crippen molar-refractivity contribution in [1.29, 1.82) is 0 Å². The van der Waals surface area contributed by atoms with Gasteiger partial charge in [0.1, 0.15) is 11.2 Å². The smallest absolute Gasteiger partial charge is 0.164 e. The first kappa shape index (κ1) is 29.0. The number of aromatic nitrogens is 3. The fourth-order valence-electron chi connectivity index (χ4n) is 7.00. The van der Waals surface area contributed by atoms with Crippen molar-refractivity contribution >= 4 is 43.5 Å². The van der Waals surface area contributed by atoms with Crippen LogP contribution in [-0.2, 0) is 0 Å². The SMILES string of the molecule is c1ccc(-c2ccc(-c3ccc4oc5ccc(-c6nc(-c7ccc8ccccc8c7)nc(-c7ccc8ccccc8c7)n6)cc5c4c3)cc2)cc1. The number of fused-ring (bicyclic) bond motifs is 5. The Hall–Kier alpha value is -6.91. The Labute approximate surface area is 294 Å². The molecule has 0 amide bonds. The first-order chi connectivity index (χ1) is 25.2. The van der Waals surface area contributed by atoms with Gasteiger partial charge >= 0.3 is 0 Å². The zero-order valence-corrected chi connectivity index (χ0v) is 27.5. The van der Waals surface area contributed by atoms with Crippen LogP contribution < -0.4 is 0 Å². The Morgan fingerprint density at radius 3 is 1.20 bits per heavy atom. The van der Waals surface area contributed by atoms with Gasteiger partial charge in [-0.1, -0.05) is 133 Å². The van der Waals surface area contributed by atoms with Crippen LogP contribution in [0.25, 0.3) is 99.9 Å². The van der Waals surface area contributed by atoms with Crippen LogP contribution >= 0.6 is 0 Å². The molecule has 4 nitrogen and oxygen atoms in total. The highest BCUT2D eigenvalue weighted by Crippen LogP contribution is 2.36. The highest BCUT2D eigenvalue weighted by molar-refractivity contribution is 6.07. The van der Waals surface area contributed by atoms with Crippen molar-refractivity contribution in [3.8, 4) is 56.4 Å². The summed E-state index contributed by atoms with van der Waals surface area (Å²) in [5.41, 5.74) is 9.14. The summed E-state index contributed by atoms with van der Waals surface area (Å²) in [6.07, 6.45) is 0. The molecule has 0 aliphatic carbocycles. The molecular formula is C47H29N3O. The average Bonchev–Trinajstić information content (AvgIpc) is 3.58. The number of furan rings is 1. The maximum absolute atomic E-state index is 6.33. The molecule has 0 bridgehead atoms. The van der Waals surface area contributed by atoms with E-state index in [1.807, 2.05) is 18.2 Å². The number of hydrogen-bond donors (Lipinski definition) is 0. The summed E-state index contributed by atoms with van der Waals surface area (Å²) < 4.78 is 6.33. The van der Waals surface area contributed by atoms with E-state index in [0.717, 1.165) is 60.5 Å². The predicted molar refractivity (Wildman–Crippen MR) is 209 cm³/mol. The van der Waals surface area contributed by atoms with Gasteiger partial charge in [-0.3, -0.25) is 0 Å². The highest BCUT2D eigenvalue weighted by Gasteiger charge is 2.16. The van der Waals surface area contributed by atoms with Crippen LogP contribution in [0.5, 0.6) is 0 Å². The lowest BCUT2D eigenvalue weighted by atomic mass is 9.99. The van der Waals surface area contributed by atoms with Gasteiger partial charge in [0.2, 0.25) is 0 Å². The summed E-state index contributed by atoms with van der Waals surface area (Å²) in [7, 11) is 0. The van der Waals surface area contributed by atoms with Crippen molar-refractivity contribution in [2.24, 2.45) is 0 Å². The summed E-state index contributed by atoms with van der Waals surface area (Å²) in [6, 6.07) is 61.2. The number of benzene rings is 8. The van der Waals surface area contributed by atoms with E-state index in [9.17, 15) is 0 Å². The second kappa shape index (κ2) is 11.9. The molecule has 10 aromatic rings. The fourth-order valence-corrected chi connectivity index (χ4v) is 7.00. The molecule has 0 radical (unpaired) electrons. The first-order valence-electron chi connectivity index (χ1n) is 17.1. The molecule has 0 atom stereocenters. The van der Waals surface area contributed by atoms with Crippen molar-refractivity contribution < 1.29 is 4.42 Å². The third-order valence-electron chi connectivity index (χ3n) is 9.70. The van der Waals surface area contributed by atoms with Crippen LogP contribution in [-0.4, -0.2) is 15.0 Å². The molecule has 2 aromatic heterocycles. The summed E-state index contributed by atoms with van der Waals surface area (Å²) in [6.45, 7) is 0. The molecule has 0 saturated heterocycles. The second-order valence-corrected chi connectivity index (χ2v) is 12.9. The van der Waals surface area contributed by atoms with E-state index in [1.54, 1.807) is 0 Å². The predicted octanol–water partition coefficient (Wildman–Crippen LogP) is 12.4. The summed E-state index contributed by atoms with van der Waals surface area (Å²) >= 11 is 0. The monoisotopic (exact) mass is 651 g/mol. The maximum Gasteiger partial charge on any atom is 0.164 e. The Kier molecular flexibility index (Phi) is 6.78. The lowest BCUT2D eigenvalue weighted by molar-refractivity contribution is 0.669. The van der Waals surface area contributed by atoms with Crippen LogP contribution in [0.2, 0.25) is 0 Å². The van der Waals surface area contributed by atoms with E-state index >= 15 is 0 Å². The molecule has 0 spiro atoms. The molecule has 2 heterocycles. The van der Waals surface area contributed by atoms with Gasteiger partial charge in [0.15, 0.2) is 17.5 Å². The molecule has 10 rings (SSSR count). The standard InChI is InChI=1S/C47H29N3O/c1-2-8-30(9-3-1)33-14-16-34(17-15-33)37-22-24-43-41(28-37)42-29-40(23-25-44(42)51-43)47-49-45(38-20-18-31-10-4-6-12-35(31)26-38)48-46(50-47)39-21-19-32-11-5-7-13-36(32)27-39/h1-29H. The Morgan fingerprint density at radius 2 is 0.647 bits per heavy atom. The van der Waals surface area contributed by atoms with Crippen LogP contribution in [0, 0.1) is 0 Å². The molecule has 238 valence electrons. The van der Waals surface area contributed by atoms with Gasteiger partial charge in [-0.15, -0.1) is 0 Å². The van der Waals surface area contributed by atoms with E-state index < -0.39 is 0 Å². The van der Waals surface area contributed by atoms with E-state index in [4.69, 9.17) is 19.4 Å². The van der Waals surface area contributed by atoms with Crippen LogP contribution in [0.15, 0.2) is 180 Å². The minimum absolute atomic E-state index is 0.611. The minimum atomic E-state index is 0.611. The molecule has 0 N–H and O–H groups in total. The van der Waals surface area contributed by atoms with Crippen LogP contribution in [0.1, 0.15) is 0 Å². The minimum Gasteiger partial charge on any atom is -0.456 e. The van der Waals surface area contributed by atoms with Gasteiger partial charge in [-0.05, 0) is 86.3 Å². The largest absolute Gasteiger partial charge is 0.456 e. The first-order valence-corrected chi connectivity index (χ1v) is 17.1. The lowest BCUT2D eigenvalue weighted by Gasteiger charge is -2.10. The number of hydrogen-bond acceptors (Lipinski definition) is 4. The highest BCUT2D eigenvalue weighted by atomic mass is 16.3. The van der Waals surface area contributed by atoms with Gasteiger partial charge < -0.3 is 4.42 Å². The molecule has 0 saturated carbocycles. The summed E-state index contributed by atoms with van der Waals surface area (Å²) in [5.74, 6) is 1.87. The van der Waals surface area contributed by atoms with Gasteiger partial charge in [0.05, 0.1) is 0 Å². The molecule has 0 aliphatic rings. The molecule has 51 heavy (non-hydrogen) atoms. The Morgan fingerprint density at radius 1 is 0.275 bits per heavy atom. The van der Waals surface area contributed by atoms with Crippen molar-refractivity contribution in [1.82, 2.24) is 15.0 Å². The van der Waals surface area contributed by atoms with E-state index in [0.29, 0.717) is 17.5 Å². The van der Waals surface area contributed by atoms with Gasteiger partial charge in [0.25, 0.3) is 0 Å². The Bertz CT molecular complexity index is 2810. The molecule has 4 heteroatoms. The van der Waals surface area contributed by atoms with Gasteiger partial charge in [0, 0.05) is 27.5 Å². The van der Waals surface area contributed by atoms with Crippen molar-refractivity contribution in [2.45, 2.75) is 0 Å². The maximum atomic E-state index is 6.33. The van der Waals surface area contributed by atoms with Gasteiger partial charge in [-0.2, -0.15) is 0 Å². The fraction of sp³-hybridized carbons (Fsp3) is 0. The average molecular weight is 652 g/mol. The third kappa shape index (κ3) is 5.31. The third-order valence-corrected chi connectivity index (χ3v) is 9.70. The summed E-state index contributed by atoms with van der Waals surface area (Å²) in [4.78, 5) is 15.2. The lowest BCUT2D eigenvalue weighted by Crippen LogP contribution is -2.00. The van der Waals surface area contributed by atoms with E-state index in [-0.39, 0.29) is 0 Å². The molecule has 0 fully saturated rings. The Balaban J connectivity index is 1.10. The van der Waals surface area contributed by atoms with E-state index in [1.165, 1.54) is 21.9 Å². The van der Waals surface area contributed by atoms with Crippen molar-refractivity contribution in [3.63, 3.8) is 0 Å². The normalized spacial score (nSPS) is 11.5.